The highest BCUT2D eigenvalue weighted by Gasteiger charge is 2.17. The van der Waals surface area contributed by atoms with Crippen molar-refractivity contribution in [2.45, 2.75) is 19.9 Å². The molecule has 1 aromatic carbocycles. The van der Waals surface area contributed by atoms with E-state index < -0.39 is 10.0 Å². The van der Waals surface area contributed by atoms with Crippen LogP contribution in [0.1, 0.15) is 18.9 Å². The molecule has 0 saturated carbocycles. The highest BCUT2D eigenvalue weighted by Crippen LogP contribution is 2.14. The largest absolute Gasteiger partial charge is 0.316 e. The maximum atomic E-state index is 12.1. The molecule has 0 atom stereocenters. The molecule has 1 rings (SSSR count). The number of halogens is 1. The Morgan fingerprint density at radius 2 is 2.05 bits per heavy atom. The predicted molar refractivity (Wildman–Crippen MR) is 82.6 cm³/mol. The van der Waals surface area contributed by atoms with E-state index in [2.05, 4.69) is 28.2 Å². The summed E-state index contributed by atoms with van der Waals surface area (Å²) in [6.07, 6.45) is 1.01. The molecule has 19 heavy (non-hydrogen) atoms. The molecule has 0 saturated heterocycles. The van der Waals surface area contributed by atoms with Crippen LogP contribution in [-0.4, -0.2) is 38.6 Å². The summed E-state index contributed by atoms with van der Waals surface area (Å²) in [5.41, 5.74) is 0.974. The number of benzene rings is 1. The molecule has 0 aliphatic rings. The van der Waals surface area contributed by atoms with Crippen LogP contribution in [0.3, 0.4) is 0 Å². The lowest BCUT2D eigenvalue weighted by atomic mass is 10.2. The first-order valence-electron chi connectivity index (χ1n) is 6.35. The van der Waals surface area contributed by atoms with Crippen molar-refractivity contribution < 1.29 is 8.42 Å². The first kappa shape index (κ1) is 16.6. The van der Waals surface area contributed by atoms with E-state index in [1.165, 1.54) is 4.31 Å². The van der Waals surface area contributed by atoms with E-state index >= 15 is 0 Å². The molecule has 0 aliphatic heterocycles. The molecule has 0 bridgehead atoms. The van der Waals surface area contributed by atoms with Crippen LogP contribution >= 0.6 is 15.9 Å². The zero-order chi connectivity index (χ0) is 14.3. The maximum Gasteiger partial charge on any atom is 0.215 e. The average molecular weight is 349 g/mol. The fraction of sp³-hybridized carbons (Fsp3) is 0.538. The molecule has 108 valence electrons. The molecular weight excluding hydrogens is 328 g/mol. The van der Waals surface area contributed by atoms with Crippen molar-refractivity contribution in [2.24, 2.45) is 0 Å². The van der Waals surface area contributed by atoms with Crippen LogP contribution in [0.15, 0.2) is 28.7 Å². The summed E-state index contributed by atoms with van der Waals surface area (Å²) >= 11 is 3.38. The second-order valence-corrected chi connectivity index (χ2v) is 7.56. The van der Waals surface area contributed by atoms with Crippen molar-refractivity contribution in [3.63, 3.8) is 0 Å². The van der Waals surface area contributed by atoms with Gasteiger partial charge in [-0.25, -0.2) is 12.7 Å². The second-order valence-electron chi connectivity index (χ2n) is 4.45. The number of nitrogens with zero attached hydrogens (tertiary/aromatic N) is 1. The predicted octanol–water partition coefficient (Wildman–Crippen LogP) is 2.21. The van der Waals surface area contributed by atoms with Gasteiger partial charge in [-0.1, -0.05) is 35.0 Å². The third kappa shape index (κ3) is 6.03. The van der Waals surface area contributed by atoms with Gasteiger partial charge in [-0.2, -0.15) is 0 Å². The molecule has 0 fully saturated rings. The van der Waals surface area contributed by atoms with E-state index in [0.29, 0.717) is 13.1 Å². The number of rotatable bonds is 8. The molecule has 1 aromatic rings. The molecule has 0 spiro atoms. The van der Waals surface area contributed by atoms with Gasteiger partial charge in [0.25, 0.3) is 0 Å². The van der Waals surface area contributed by atoms with Crippen LogP contribution in [0.4, 0.5) is 0 Å². The van der Waals surface area contributed by atoms with Gasteiger partial charge in [0.1, 0.15) is 0 Å². The zero-order valence-corrected chi connectivity index (χ0v) is 13.8. The lowest BCUT2D eigenvalue weighted by Gasteiger charge is -2.17. The van der Waals surface area contributed by atoms with E-state index in [-0.39, 0.29) is 5.75 Å². The minimum atomic E-state index is -3.20. The SMILES string of the molecule is CCCNCCS(=O)(=O)N(C)Cc1cccc(Br)c1. The molecule has 1 N–H and O–H groups in total. The summed E-state index contributed by atoms with van der Waals surface area (Å²) in [5, 5.41) is 3.11. The van der Waals surface area contributed by atoms with Crippen molar-refractivity contribution in [3.05, 3.63) is 34.3 Å². The number of nitrogens with one attached hydrogen (secondary N) is 1. The minimum Gasteiger partial charge on any atom is -0.316 e. The number of sulfonamides is 1. The number of hydrogen-bond acceptors (Lipinski definition) is 3. The normalized spacial score (nSPS) is 12.0. The Hall–Kier alpha value is -0.430. The molecule has 6 heteroatoms. The quantitative estimate of drug-likeness (QED) is 0.732. The fourth-order valence-corrected chi connectivity index (χ4v) is 3.16. The van der Waals surface area contributed by atoms with E-state index in [1.807, 2.05) is 24.3 Å². The standard InChI is InChI=1S/C13H21BrN2O2S/c1-3-7-15-8-9-19(17,18)16(2)11-12-5-4-6-13(14)10-12/h4-6,10,15H,3,7-9,11H2,1-2H3. The summed E-state index contributed by atoms with van der Waals surface area (Å²) in [7, 11) is -1.58. The lowest BCUT2D eigenvalue weighted by Crippen LogP contribution is -2.33. The fourth-order valence-electron chi connectivity index (χ4n) is 1.65. The van der Waals surface area contributed by atoms with Crippen molar-refractivity contribution in [1.29, 1.82) is 0 Å². The van der Waals surface area contributed by atoms with Gasteiger partial charge in [0, 0.05) is 24.6 Å². The van der Waals surface area contributed by atoms with E-state index in [4.69, 9.17) is 0 Å². The van der Waals surface area contributed by atoms with Gasteiger partial charge in [-0.3, -0.25) is 0 Å². The molecule has 0 unspecified atom stereocenters. The summed E-state index contributed by atoms with van der Waals surface area (Å²) in [6, 6.07) is 7.68. The van der Waals surface area contributed by atoms with Gasteiger partial charge in [-0.15, -0.1) is 0 Å². The third-order valence-corrected chi connectivity index (χ3v) is 5.02. The molecule has 0 radical (unpaired) electrons. The summed E-state index contributed by atoms with van der Waals surface area (Å²) in [5.74, 6) is 0.136. The highest BCUT2D eigenvalue weighted by atomic mass is 79.9. The van der Waals surface area contributed by atoms with Crippen LogP contribution in [-0.2, 0) is 16.6 Å². The molecular formula is C13H21BrN2O2S. The first-order chi connectivity index (χ1) is 8.95. The molecule has 0 aliphatic carbocycles. The van der Waals surface area contributed by atoms with Gasteiger partial charge < -0.3 is 5.32 Å². The number of hydrogen-bond donors (Lipinski definition) is 1. The van der Waals surface area contributed by atoms with Crippen molar-refractivity contribution >= 4 is 26.0 Å². The topological polar surface area (TPSA) is 49.4 Å². The summed E-state index contributed by atoms with van der Waals surface area (Å²) < 4.78 is 26.5. The highest BCUT2D eigenvalue weighted by molar-refractivity contribution is 9.10. The Labute approximate surface area is 124 Å². The van der Waals surface area contributed by atoms with Gasteiger partial charge in [0.05, 0.1) is 5.75 Å². The van der Waals surface area contributed by atoms with Crippen molar-refractivity contribution in [2.75, 3.05) is 25.9 Å². The summed E-state index contributed by atoms with van der Waals surface area (Å²) in [4.78, 5) is 0. The molecule has 0 amide bonds. The second kappa shape index (κ2) is 7.99. The van der Waals surface area contributed by atoms with Crippen LogP contribution in [0, 0.1) is 0 Å². The molecule has 4 nitrogen and oxygen atoms in total. The Bertz CT molecular complexity index is 491. The summed E-state index contributed by atoms with van der Waals surface area (Å²) in [6.45, 7) is 3.81. The zero-order valence-electron chi connectivity index (χ0n) is 11.4. The molecule has 0 aromatic heterocycles. The van der Waals surface area contributed by atoms with Crippen LogP contribution in [0.25, 0.3) is 0 Å². The Morgan fingerprint density at radius 1 is 1.32 bits per heavy atom. The van der Waals surface area contributed by atoms with Crippen molar-refractivity contribution in [3.8, 4) is 0 Å². The van der Waals surface area contributed by atoms with Crippen LogP contribution < -0.4 is 5.32 Å². The molecule has 0 heterocycles. The average Bonchev–Trinajstić information content (AvgIpc) is 2.34. The van der Waals surface area contributed by atoms with Crippen LogP contribution in [0.2, 0.25) is 0 Å². The minimum absolute atomic E-state index is 0.136. The van der Waals surface area contributed by atoms with E-state index in [9.17, 15) is 8.42 Å². The van der Waals surface area contributed by atoms with Gasteiger partial charge in [-0.05, 0) is 30.7 Å². The van der Waals surface area contributed by atoms with Gasteiger partial charge in [0.2, 0.25) is 10.0 Å². The first-order valence-corrected chi connectivity index (χ1v) is 8.75. The van der Waals surface area contributed by atoms with E-state index in [1.54, 1.807) is 7.05 Å². The Morgan fingerprint density at radius 3 is 2.68 bits per heavy atom. The smallest absolute Gasteiger partial charge is 0.215 e. The van der Waals surface area contributed by atoms with E-state index in [0.717, 1.165) is 23.0 Å². The Kier molecular flexibility index (Phi) is 6.99. The van der Waals surface area contributed by atoms with Crippen molar-refractivity contribution in [1.82, 2.24) is 9.62 Å². The monoisotopic (exact) mass is 348 g/mol. The van der Waals surface area contributed by atoms with Gasteiger partial charge >= 0.3 is 0 Å². The third-order valence-electron chi connectivity index (χ3n) is 2.73. The van der Waals surface area contributed by atoms with Gasteiger partial charge in [0.15, 0.2) is 0 Å². The lowest BCUT2D eigenvalue weighted by molar-refractivity contribution is 0.465. The Balaban J connectivity index is 2.53. The maximum absolute atomic E-state index is 12.1. The van der Waals surface area contributed by atoms with Crippen LogP contribution in [0.5, 0.6) is 0 Å².